The van der Waals surface area contributed by atoms with E-state index >= 15 is 0 Å². The smallest absolute Gasteiger partial charge is 0.213 e. The largest absolute Gasteiger partial charge is 0.481 e. The van der Waals surface area contributed by atoms with Gasteiger partial charge < -0.3 is 15.4 Å². The highest BCUT2D eigenvalue weighted by Crippen LogP contribution is 2.22. The highest BCUT2D eigenvalue weighted by Gasteiger charge is 2.21. The zero-order valence-electron chi connectivity index (χ0n) is 15.1. The number of methoxy groups -OCH3 is 1. The number of nitrogens with zero attached hydrogens (tertiary/aromatic N) is 2. The van der Waals surface area contributed by atoms with Gasteiger partial charge in [0.05, 0.1) is 19.3 Å². The van der Waals surface area contributed by atoms with Gasteiger partial charge in [0.2, 0.25) is 5.88 Å². The molecule has 0 saturated carbocycles. The molecule has 0 spiro atoms. The fourth-order valence-corrected chi connectivity index (χ4v) is 2.38. The number of nitrogens with one attached hydrogen (secondary N) is 2. The molecule has 1 aromatic heterocycles. The first-order valence-electron chi connectivity index (χ1n) is 8.15. The standard InChI is InChI=1S/C19H25FN4O/c1-19(2,14-7-5-8-15(20)11-14)13-23-18(21-3)22-12-16-9-6-10-17(24-16)25-4/h5-11H,12-13H2,1-4H3,(H2,21,22,23). The van der Waals surface area contributed by atoms with Crippen molar-refractivity contribution < 1.29 is 9.13 Å². The Kier molecular flexibility index (Phi) is 6.33. The molecule has 1 heterocycles. The molecule has 0 fully saturated rings. The summed E-state index contributed by atoms with van der Waals surface area (Å²) in [5, 5.41) is 6.50. The van der Waals surface area contributed by atoms with Crippen LogP contribution in [0.2, 0.25) is 0 Å². The number of aromatic nitrogens is 1. The zero-order chi connectivity index (χ0) is 18.3. The van der Waals surface area contributed by atoms with Crippen LogP contribution in [-0.2, 0) is 12.0 Å². The maximum absolute atomic E-state index is 13.5. The van der Waals surface area contributed by atoms with Gasteiger partial charge in [0, 0.05) is 25.1 Å². The van der Waals surface area contributed by atoms with Gasteiger partial charge in [0.15, 0.2) is 5.96 Å². The molecule has 2 rings (SSSR count). The first kappa shape index (κ1) is 18.7. The average Bonchev–Trinajstić information content (AvgIpc) is 2.62. The molecule has 2 N–H and O–H groups in total. The Labute approximate surface area is 148 Å². The molecule has 0 bridgehead atoms. The monoisotopic (exact) mass is 344 g/mol. The lowest BCUT2D eigenvalue weighted by atomic mass is 9.84. The summed E-state index contributed by atoms with van der Waals surface area (Å²) in [6.07, 6.45) is 0. The van der Waals surface area contributed by atoms with Gasteiger partial charge in [-0.3, -0.25) is 4.99 Å². The lowest BCUT2D eigenvalue weighted by Gasteiger charge is -2.26. The van der Waals surface area contributed by atoms with Crippen LogP contribution in [0.5, 0.6) is 5.88 Å². The van der Waals surface area contributed by atoms with Gasteiger partial charge >= 0.3 is 0 Å². The van der Waals surface area contributed by atoms with Crippen LogP contribution in [-0.4, -0.2) is 31.6 Å². The number of hydrogen-bond acceptors (Lipinski definition) is 3. The topological polar surface area (TPSA) is 58.5 Å². The van der Waals surface area contributed by atoms with Gasteiger partial charge in [-0.1, -0.05) is 32.0 Å². The van der Waals surface area contributed by atoms with E-state index in [0.717, 1.165) is 11.3 Å². The minimum absolute atomic E-state index is 0.225. The third kappa shape index (κ3) is 5.45. The molecule has 6 heteroatoms. The van der Waals surface area contributed by atoms with E-state index in [-0.39, 0.29) is 11.2 Å². The Hall–Kier alpha value is -2.63. The van der Waals surface area contributed by atoms with Crippen molar-refractivity contribution in [2.75, 3.05) is 20.7 Å². The predicted molar refractivity (Wildman–Crippen MR) is 98.4 cm³/mol. The van der Waals surface area contributed by atoms with Crippen molar-refractivity contribution in [3.8, 4) is 5.88 Å². The lowest BCUT2D eigenvalue weighted by Crippen LogP contribution is -2.43. The fourth-order valence-electron chi connectivity index (χ4n) is 2.38. The minimum Gasteiger partial charge on any atom is -0.481 e. The van der Waals surface area contributed by atoms with E-state index in [0.29, 0.717) is 24.9 Å². The first-order valence-corrected chi connectivity index (χ1v) is 8.15. The van der Waals surface area contributed by atoms with Crippen LogP contribution < -0.4 is 15.4 Å². The SMILES string of the molecule is CN=C(NCc1cccc(OC)n1)NCC(C)(C)c1cccc(F)c1. The summed E-state index contributed by atoms with van der Waals surface area (Å²) in [6, 6.07) is 12.3. The maximum atomic E-state index is 13.5. The van der Waals surface area contributed by atoms with E-state index in [1.807, 2.05) is 18.2 Å². The predicted octanol–water partition coefficient (Wildman–Crippen LogP) is 2.87. The highest BCUT2D eigenvalue weighted by molar-refractivity contribution is 5.79. The number of rotatable bonds is 6. The Morgan fingerprint density at radius 1 is 1.20 bits per heavy atom. The van der Waals surface area contributed by atoms with Crippen LogP contribution in [0.25, 0.3) is 0 Å². The van der Waals surface area contributed by atoms with Gasteiger partial charge in [-0.15, -0.1) is 0 Å². The molecule has 0 amide bonds. The third-order valence-corrected chi connectivity index (χ3v) is 3.95. The van der Waals surface area contributed by atoms with E-state index in [4.69, 9.17) is 4.74 Å². The summed E-state index contributed by atoms with van der Waals surface area (Å²) < 4.78 is 18.6. The summed E-state index contributed by atoms with van der Waals surface area (Å²) in [4.78, 5) is 8.58. The molecular formula is C19H25FN4O. The van der Waals surface area contributed by atoms with E-state index < -0.39 is 0 Å². The molecule has 0 unspecified atom stereocenters. The number of aliphatic imine (C=N–C) groups is 1. The number of hydrogen-bond donors (Lipinski definition) is 2. The van der Waals surface area contributed by atoms with Crippen molar-refractivity contribution in [2.45, 2.75) is 25.8 Å². The van der Waals surface area contributed by atoms with Crippen molar-refractivity contribution in [2.24, 2.45) is 4.99 Å². The summed E-state index contributed by atoms with van der Waals surface area (Å²) in [5.41, 5.74) is 1.55. The molecule has 0 saturated heterocycles. The van der Waals surface area contributed by atoms with E-state index in [2.05, 4.69) is 34.5 Å². The molecule has 1 aromatic carbocycles. The summed E-state index contributed by atoms with van der Waals surface area (Å²) in [6.45, 7) is 5.26. The molecule has 0 radical (unpaired) electrons. The lowest BCUT2D eigenvalue weighted by molar-refractivity contribution is 0.396. The molecule has 0 aliphatic carbocycles. The van der Waals surface area contributed by atoms with Crippen molar-refractivity contribution in [1.29, 1.82) is 0 Å². The van der Waals surface area contributed by atoms with Gasteiger partial charge in [0.25, 0.3) is 0 Å². The zero-order valence-corrected chi connectivity index (χ0v) is 15.1. The van der Waals surface area contributed by atoms with E-state index in [1.165, 1.54) is 6.07 Å². The van der Waals surface area contributed by atoms with Crippen LogP contribution >= 0.6 is 0 Å². The second kappa shape index (κ2) is 8.46. The quantitative estimate of drug-likeness (QED) is 0.625. The summed E-state index contributed by atoms with van der Waals surface area (Å²) in [7, 11) is 3.30. The van der Waals surface area contributed by atoms with Crippen LogP contribution in [0.1, 0.15) is 25.1 Å². The van der Waals surface area contributed by atoms with Gasteiger partial charge in [-0.25, -0.2) is 9.37 Å². The second-order valence-electron chi connectivity index (χ2n) is 6.34. The molecule has 0 aliphatic heterocycles. The van der Waals surface area contributed by atoms with Crippen molar-refractivity contribution in [3.63, 3.8) is 0 Å². The Morgan fingerprint density at radius 2 is 1.96 bits per heavy atom. The number of halogens is 1. The second-order valence-corrected chi connectivity index (χ2v) is 6.34. The molecule has 134 valence electrons. The highest BCUT2D eigenvalue weighted by atomic mass is 19.1. The third-order valence-electron chi connectivity index (χ3n) is 3.95. The normalized spacial score (nSPS) is 12.0. The number of pyridine rings is 1. The first-order chi connectivity index (χ1) is 11.9. The fraction of sp³-hybridized carbons (Fsp3) is 0.368. The number of ether oxygens (including phenoxy) is 1. The van der Waals surface area contributed by atoms with Crippen LogP contribution in [0.15, 0.2) is 47.5 Å². The summed E-state index contributed by atoms with van der Waals surface area (Å²) in [5.74, 6) is 1.01. The molecule has 0 aliphatic rings. The van der Waals surface area contributed by atoms with Gasteiger partial charge in [-0.2, -0.15) is 0 Å². The Balaban J connectivity index is 1.93. The maximum Gasteiger partial charge on any atom is 0.213 e. The summed E-state index contributed by atoms with van der Waals surface area (Å²) >= 11 is 0. The van der Waals surface area contributed by atoms with Crippen LogP contribution in [0, 0.1) is 5.82 Å². The minimum atomic E-state index is -0.242. The van der Waals surface area contributed by atoms with E-state index in [1.54, 1.807) is 32.4 Å². The Bertz CT molecular complexity index is 731. The van der Waals surface area contributed by atoms with E-state index in [9.17, 15) is 4.39 Å². The average molecular weight is 344 g/mol. The molecule has 5 nitrogen and oxygen atoms in total. The van der Waals surface area contributed by atoms with Crippen LogP contribution in [0.4, 0.5) is 4.39 Å². The molecule has 0 atom stereocenters. The molecule has 2 aromatic rings. The number of guanidine groups is 1. The van der Waals surface area contributed by atoms with Gasteiger partial charge in [-0.05, 0) is 23.8 Å². The van der Waals surface area contributed by atoms with Crippen LogP contribution in [0.3, 0.4) is 0 Å². The molecule has 25 heavy (non-hydrogen) atoms. The Morgan fingerprint density at radius 3 is 2.64 bits per heavy atom. The van der Waals surface area contributed by atoms with Gasteiger partial charge in [0.1, 0.15) is 5.82 Å². The number of benzene rings is 1. The molecular weight excluding hydrogens is 319 g/mol. The van der Waals surface area contributed by atoms with Crippen molar-refractivity contribution >= 4 is 5.96 Å². The van der Waals surface area contributed by atoms with Crippen molar-refractivity contribution in [1.82, 2.24) is 15.6 Å². The van der Waals surface area contributed by atoms with Crippen molar-refractivity contribution in [3.05, 3.63) is 59.5 Å².